The van der Waals surface area contributed by atoms with Gasteiger partial charge < -0.3 is 0 Å². The van der Waals surface area contributed by atoms with Crippen molar-refractivity contribution >= 4 is 7.75 Å². The molecule has 5 heteroatoms. The third-order valence-corrected chi connectivity index (χ3v) is 10.2. The molecule has 0 amide bonds. The van der Waals surface area contributed by atoms with Gasteiger partial charge in [0.05, 0.1) is 12.2 Å². The zero-order valence-electron chi connectivity index (χ0n) is 21.3. The lowest BCUT2D eigenvalue weighted by Crippen LogP contribution is -2.35. The van der Waals surface area contributed by atoms with E-state index in [0.717, 1.165) is 76.0 Å². The highest BCUT2D eigenvalue weighted by Crippen LogP contribution is 2.53. The molecule has 31 heavy (non-hydrogen) atoms. The van der Waals surface area contributed by atoms with E-state index in [1.807, 2.05) is 0 Å². The first kappa shape index (κ1) is 25.7. The quantitative estimate of drug-likeness (QED) is 0.409. The number of rotatable bonds is 6. The van der Waals surface area contributed by atoms with Crippen LogP contribution in [0.1, 0.15) is 125 Å². The summed E-state index contributed by atoms with van der Waals surface area (Å²) in [6.07, 6.45) is 14.7. The Labute approximate surface area is 192 Å². The largest absolute Gasteiger partial charge is 0.406 e. The number of hydrogen-bond donors (Lipinski definition) is 1. The Kier molecular flexibility index (Phi) is 8.78. The first-order valence-electron chi connectivity index (χ1n) is 13.2. The predicted molar refractivity (Wildman–Crippen MR) is 130 cm³/mol. The van der Waals surface area contributed by atoms with E-state index in [0.29, 0.717) is 10.8 Å². The predicted octanol–water partition coefficient (Wildman–Crippen LogP) is 8.26. The van der Waals surface area contributed by atoms with Gasteiger partial charge in [-0.05, 0) is 86.9 Å². The van der Waals surface area contributed by atoms with Crippen LogP contribution in [0.4, 0.5) is 0 Å². The van der Waals surface area contributed by atoms with Gasteiger partial charge in [-0.25, -0.2) is 9.65 Å². The minimum atomic E-state index is -3.30. The zero-order chi connectivity index (χ0) is 22.7. The van der Waals surface area contributed by atoms with E-state index in [-0.39, 0.29) is 18.2 Å². The molecular weight excluding hydrogens is 405 g/mol. The second-order valence-corrected chi connectivity index (χ2v) is 14.5. The van der Waals surface area contributed by atoms with Crippen LogP contribution in [0.2, 0.25) is 0 Å². The number of hydrogen-bond acceptors (Lipinski definition) is 3. The Bertz CT molecular complexity index is 547. The second kappa shape index (κ2) is 10.6. The molecule has 3 saturated carbocycles. The Hall–Kier alpha value is 0.110. The van der Waals surface area contributed by atoms with Gasteiger partial charge in [0.1, 0.15) is 0 Å². The molecule has 3 fully saturated rings. The Balaban J connectivity index is 1.60. The molecular formula is C26H50NO3P. The van der Waals surface area contributed by atoms with Gasteiger partial charge in [-0.3, -0.25) is 9.05 Å². The topological polar surface area (TPSA) is 47.6 Å². The molecule has 0 atom stereocenters. The van der Waals surface area contributed by atoms with Gasteiger partial charge in [0.25, 0.3) is 0 Å². The lowest BCUT2D eigenvalue weighted by Gasteiger charge is -2.40. The summed E-state index contributed by atoms with van der Waals surface area (Å²) in [5.74, 6) is 1.46. The molecule has 0 aromatic heterocycles. The van der Waals surface area contributed by atoms with Gasteiger partial charge in [-0.1, -0.05) is 60.8 Å². The third kappa shape index (κ3) is 7.83. The lowest BCUT2D eigenvalue weighted by atomic mass is 9.72. The highest BCUT2D eigenvalue weighted by atomic mass is 31.2. The molecule has 0 heterocycles. The average Bonchev–Trinajstić information content (AvgIpc) is 2.68. The van der Waals surface area contributed by atoms with Crippen molar-refractivity contribution in [3.05, 3.63) is 0 Å². The first-order valence-corrected chi connectivity index (χ1v) is 14.7. The molecule has 3 rings (SSSR count). The van der Waals surface area contributed by atoms with Gasteiger partial charge in [0.15, 0.2) is 0 Å². The summed E-state index contributed by atoms with van der Waals surface area (Å²) in [5.41, 5.74) is 0.689. The maximum atomic E-state index is 14.0. The monoisotopic (exact) mass is 455 g/mol. The molecule has 0 aliphatic heterocycles. The molecule has 0 radical (unpaired) electrons. The van der Waals surface area contributed by atoms with Crippen LogP contribution in [-0.4, -0.2) is 18.2 Å². The van der Waals surface area contributed by atoms with Gasteiger partial charge >= 0.3 is 7.75 Å². The Morgan fingerprint density at radius 3 is 1.35 bits per heavy atom. The minimum Gasteiger partial charge on any atom is -0.293 e. The van der Waals surface area contributed by atoms with Crippen LogP contribution in [0.15, 0.2) is 0 Å². The molecule has 0 aromatic rings. The fourth-order valence-electron chi connectivity index (χ4n) is 6.00. The van der Waals surface area contributed by atoms with E-state index in [4.69, 9.17) is 9.05 Å². The summed E-state index contributed by atoms with van der Waals surface area (Å²) in [6, 6.07) is 0.274. The number of nitrogens with one attached hydrogen (secondary N) is 1. The van der Waals surface area contributed by atoms with Crippen molar-refractivity contribution in [2.24, 2.45) is 22.7 Å². The van der Waals surface area contributed by atoms with Crippen molar-refractivity contribution in [2.45, 2.75) is 143 Å². The van der Waals surface area contributed by atoms with Crippen molar-refractivity contribution < 1.29 is 13.6 Å². The zero-order valence-corrected chi connectivity index (χ0v) is 22.1. The average molecular weight is 456 g/mol. The van der Waals surface area contributed by atoms with Crippen molar-refractivity contribution in [3.63, 3.8) is 0 Å². The van der Waals surface area contributed by atoms with Crippen molar-refractivity contribution in [2.75, 3.05) is 0 Å². The standard InChI is InChI=1S/C26H50NO3P/c1-25(2,3)20-12-16-23(17-13-20)29-31(28,27-22-10-8-7-9-11-22)30-24-18-14-21(15-19-24)26(4,5)6/h20-24H,7-19H2,1-6H3,(H,27,28). The molecule has 0 bridgehead atoms. The molecule has 0 spiro atoms. The van der Waals surface area contributed by atoms with E-state index in [1.165, 1.54) is 19.3 Å². The van der Waals surface area contributed by atoms with E-state index in [1.54, 1.807) is 0 Å². The molecule has 3 aliphatic carbocycles. The summed E-state index contributed by atoms with van der Waals surface area (Å²) < 4.78 is 26.7. The van der Waals surface area contributed by atoms with Gasteiger partial charge in [-0.2, -0.15) is 0 Å². The molecule has 0 unspecified atom stereocenters. The minimum absolute atomic E-state index is 0.0615. The van der Waals surface area contributed by atoms with Crippen LogP contribution in [0.3, 0.4) is 0 Å². The Morgan fingerprint density at radius 2 is 1.00 bits per heavy atom. The van der Waals surface area contributed by atoms with Gasteiger partial charge in [-0.15, -0.1) is 0 Å². The SMILES string of the molecule is CC(C)(C)C1CCC(OP(=O)(NC2CCCCC2)OC2CCC(C(C)(C)C)CC2)CC1. The molecule has 0 saturated heterocycles. The maximum Gasteiger partial charge on any atom is 0.406 e. The first-order chi connectivity index (χ1) is 14.4. The molecule has 182 valence electrons. The van der Waals surface area contributed by atoms with Crippen LogP contribution in [0, 0.1) is 22.7 Å². The Morgan fingerprint density at radius 1 is 0.613 bits per heavy atom. The van der Waals surface area contributed by atoms with Gasteiger partial charge in [0.2, 0.25) is 0 Å². The van der Waals surface area contributed by atoms with E-state index >= 15 is 0 Å². The summed E-state index contributed by atoms with van der Waals surface area (Å²) in [6.45, 7) is 14.0. The smallest absolute Gasteiger partial charge is 0.293 e. The maximum absolute atomic E-state index is 14.0. The lowest BCUT2D eigenvalue weighted by molar-refractivity contribution is 0.0368. The van der Waals surface area contributed by atoms with Crippen LogP contribution >= 0.6 is 7.75 Å². The van der Waals surface area contributed by atoms with Crippen LogP contribution < -0.4 is 5.09 Å². The van der Waals surface area contributed by atoms with E-state index in [2.05, 4.69) is 46.6 Å². The third-order valence-electron chi connectivity index (χ3n) is 8.32. The van der Waals surface area contributed by atoms with Crippen LogP contribution in [0.25, 0.3) is 0 Å². The molecule has 3 aliphatic rings. The highest BCUT2D eigenvalue weighted by molar-refractivity contribution is 7.51. The van der Waals surface area contributed by atoms with Crippen LogP contribution in [-0.2, 0) is 13.6 Å². The normalized spacial score (nSPS) is 33.7. The van der Waals surface area contributed by atoms with Crippen molar-refractivity contribution in [3.8, 4) is 0 Å². The fourth-order valence-corrected chi connectivity index (χ4v) is 8.09. The second-order valence-electron chi connectivity index (χ2n) is 12.9. The summed E-state index contributed by atoms with van der Waals surface area (Å²) in [7, 11) is -3.30. The molecule has 4 nitrogen and oxygen atoms in total. The highest BCUT2D eigenvalue weighted by Gasteiger charge is 2.39. The van der Waals surface area contributed by atoms with E-state index < -0.39 is 7.75 Å². The van der Waals surface area contributed by atoms with Crippen molar-refractivity contribution in [1.29, 1.82) is 0 Å². The molecule has 0 aromatic carbocycles. The van der Waals surface area contributed by atoms with E-state index in [9.17, 15) is 4.57 Å². The molecule has 1 N–H and O–H groups in total. The summed E-state index contributed by atoms with van der Waals surface area (Å²) >= 11 is 0. The summed E-state index contributed by atoms with van der Waals surface area (Å²) in [5, 5.41) is 3.42. The van der Waals surface area contributed by atoms with Gasteiger partial charge in [0, 0.05) is 6.04 Å². The van der Waals surface area contributed by atoms with Crippen molar-refractivity contribution in [1.82, 2.24) is 5.09 Å². The summed E-state index contributed by atoms with van der Waals surface area (Å²) in [4.78, 5) is 0. The van der Waals surface area contributed by atoms with Crippen LogP contribution in [0.5, 0.6) is 0 Å². The fraction of sp³-hybridized carbons (Fsp3) is 1.00.